The molecule has 1 heterocycles. The van der Waals surface area contributed by atoms with Gasteiger partial charge in [-0.25, -0.2) is 0 Å². The van der Waals surface area contributed by atoms with Crippen LogP contribution in [0.15, 0.2) is 24.3 Å². The summed E-state index contributed by atoms with van der Waals surface area (Å²) in [6, 6.07) is 0. The van der Waals surface area contributed by atoms with Crippen LogP contribution in [0.1, 0.15) is 44.9 Å². The van der Waals surface area contributed by atoms with Crippen molar-refractivity contribution in [2.45, 2.75) is 44.9 Å². The molecule has 0 saturated carbocycles. The molecule has 0 aromatic heterocycles. The summed E-state index contributed by atoms with van der Waals surface area (Å²) in [5.41, 5.74) is 0. The second-order valence-corrected chi connectivity index (χ2v) is 3.92. The summed E-state index contributed by atoms with van der Waals surface area (Å²) in [7, 11) is 0. The van der Waals surface area contributed by atoms with E-state index in [9.17, 15) is 0 Å². The van der Waals surface area contributed by atoms with Crippen LogP contribution >= 0.6 is 0 Å². The molecule has 0 aromatic carbocycles. The van der Waals surface area contributed by atoms with Crippen molar-refractivity contribution in [3.05, 3.63) is 24.3 Å². The van der Waals surface area contributed by atoms with E-state index in [1.807, 2.05) is 0 Å². The third-order valence-electron chi connectivity index (χ3n) is 2.55. The van der Waals surface area contributed by atoms with Crippen LogP contribution in [0.3, 0.4) is 0 Å². The van der Waals surface area contributed by atoms with E-state index in [0.29, 0.717) is 0 Å². The van der Waals surface area contributed by atoms with Gasteiger partial charge in [0.05, 0.1) is 0 Å². The Morgan fingerprint density at radius 1 is 0.643 bits per heavy atom. The molecule has 0 spiro atoms. The minimum absolute atomic E-state index is 1.12. The van der Waals surface area contributed by atoms with Crippen molar-refractivity contribution in [2.24, 2.45) is 0 Å². The Balaban J connectivity index is 2.17. The molecule has 0 radical (unpaired) electrons. The van der Waals surface area contributed by atoms with E-state index in [1.54, 1.807) is 0 Å². The summed E-state index contributed by atoms with van der Waals surface area (Å²) in [4.78, 5) is 0. The van der Waals surface area contributed by atoms with Crippen molar-refractivity contribution >= 4 is 0 Å². The molecule has 0 bridgehead atoms. The molecule has 0 fully saturated rings. The third kappa shape index (κ3) is 6.90. The van der Waals surface area contributed by atoms with Gasteiger partial charge < -0.3 is 5.32 Å². The van der Waals surface area contributed by atoms with Crippen molar-refractivity contribution < 1.29 is 0 Å². The highest BCUT2D eigenvalue weighted by Crippen LogP contribution is 2.01. The zero-order valence-corrected chi connectivity index (χ0v) is 9.17. The standard InChI is InChI=1S/C13H23N/c1-2-4-6-8-10-12-14-13-11-9-7-5-3-1/h2-5,14H,1,6-13H2. The highest BCUT2D eigenvalue weighted by Gasteiger charge is 1.89. The number of hydrogen-bond acceptors (Lipinski definition) is 1. The predicted octanol–water partition coefficient (Wildman–Crippen LogP) is 3.43. The Bertz CT molecular complexity index is 152. The largest absolute Gasteiger partial charge is 0.317 e. The monoisotopic (exact) mass is 193 g/mol. The predicted molar refractivity (Wildman–Crippen MR) is 63.5 cm³/mol. The number of rotatable bonds is 0. The van der Waals surface area contributed by atoms with Gasteiger partial charge in [0.1, 0.15) is 0 Å². The molecule has 0 saturated heterocycles. The van der Waals surface area contributed by atoms with Crippen LogP contribution in [-0.4, -0.2) is 13.1 Å². The molecule has 1 rings (SSSR count). The van der Waals surface area contributed by atoms with Crippen LogP contribution in [0.25, 0.3) is 0 Å². The SMILES string of the molecule is C1=CCCCCNCCCCC=CC1. The zero-order chi connectivity index (χ0) is 9.90. The van der Waals surface area contributed by atoms with Gasteiger partial charge in [-0.15, -0.1) is 0 Å². The summed E-state index contributed by atoms with van der Waals surface area (Å²) in [5, 5.41) is 3.49. The zero-order valence-electron chi connectivity index (χ0n) is 9.17. The van der Waals surface area contributed by atoms with Gasteiger partial charge in [0.15, 0.2) is 0 Å². The fourth-order valence-electron chi connectivity index (χ4n) is 1.66. The highest BCUT2D eigenvalue weighted by molar-refractivity contribution is 4.92. The van der Waals surface area contributed by atoms with Crippen LogP contribution in [0.2, 0.25) is 0 Å². The van der Waals surface area contributed by atoms with E-state index < -0.39 is 0 Å². The first-order valence-electron chi connectivity index (χ1n) is 6.01. The van der Waals surface area contributed by atoms with Gasteiger partial charge in [-0.2, -0.15) is 0 Å². The smallest absolute Gasteiger partial charge is 0.00488 e. The van der Waals surface area contributed by atoms with Crippen LogP contribution in [-0.2, 0) is 0 Å². The molecule has 80 valence electrons. The Hall–Kier alpha value is -0.560. The quantitative estimate of drug-likeness (QED) is 0.581. The Labute approximate surface area is 88.3 Å². The van der Waals surface area contributed by atoms with E-state index in [-0.39, 0.29) is 0 Å². The van der Waals surface area contributed by atoms with E-state index in [4.69, 9.17) is 0 Å². The maximum absolute atomic E-state index is 3.49. The van der Waals surface area contributed by atoms with E-state index >= 15 is 0 Å². The minimum Gasteiger partial charge on any atom is -0.317 e. The van der Waals surface area contributed by atoms with Crippen LogP contribution in [0.5, 0.6) is 0 Å². The first kappa shape index (κ1) is 11.5. The molecule has 1 aliphatic rings. The van der Waals surface area contributed by atoms with E-state index in [2.05, 4.69) is 29.6 Å². The Morgan fingerprint density at radius 3 is 1.79 bits per heavy atom. The molecule has 0 aliphatic carbocycles. The molecule has 0 unspecified atom stereocenters. The van der Waals surface area contributed by atoms with Gasteiger partial charge in [-0.3, -0.25) is 0 Å². The number of hydrogen-bond donors (Lipinski definition) is 1. The summed E-state index contributed by atoms with van der Waals surface area (Å²) in [6.07, 6.45) is 18.1. The maximum atomic E-state index is 3.49. The number of nitrogens with one attached hydrogen (secondary N) is 1. The second-order valence-electron chi connectivity index (χ2n) is 3.92. The molecule has 1 heteroatoms. The minimum atomic E-state index is 1.12. The molecule has 0 aromatic rings. The van der Waals surface area contributed by atoms with Gasteiger partial charge in [0, 0.05) is 0 Å². The summed E-state index contributed by atoms with van der Waals surface area (Å²) < 4.78 is 0. The van der Waals surface area contributed by atoms with Gasteiger partial charge in [-0.1, -0.05) is 24.3 Å². The first-order chi connectivity index (χ1) is 7.00. The average Bonchev–Trinajstić information content (AvgIpc) is 2.22. The van der Waals surface area contributed by atoms with Crippen LogP contribution < -0.4 is 5.32 Å². The lowest BCUT2D eigenvalue weighted by atomic mass is 10.2. The lowest BCUT2D eigenvalue weighted by molar-refractivity contribution is 0.593. The molecule has 0 amide bonds. The molecule has 1 N–H and O–H groups in total. The number of allylic oxidation sites excluding steroid dienone is 4. The average molecular weight is 193 g/mol. The van der Waals surface area contributed by atoms with E-state index in [0.717, 1.165) is 6.42 Å². The first-order valence-corrected chi connectivity index (χ1v) is 6.01. The Morgan fingerprint density at radius 2 is 1.21 bits per heavy atom. The molecule has 1 nitrogen and oxygen atoms in total. The summed E-state index contributed by atoms with van der Waals surface area (Å²) in [5.74, 6) is 0. The molecule has 0 atom stereocenters. The van der Waals surface area contributed by atoms with Crippen molar-refractivity contribution in [2.75, 3.05) is 13.1 Å². The molecule has 14 heavy (non-hydrogen) atoms. The van der Waals surface area contributed by atoms with Crippen molar-refractivity contribution in [1.29, 1.82) is 0 Å². The lowest BCUT2D eigenvalue weighted by Crippen LogP contribution is -2.16. The molecule has 1 aliphatic heterocycles. The normalized spacial score (nSPS) is 21.7. The van der Waals surface area contributed by atoms with Crippen molar-refractivity contribution in [1.82, 2.24) is 5.32 Å². The third-order valence-corrected chi connectivity index (χ3v) is 2.55. The van der Waals surface area contributed by atoms with E-state index in [1.165, 1.54) is 51.6 Å². The molecular formula is C13H23N. The second kappa shape index (κ2) is 9.01. The Kier molecular flexibility index (Phi) is 7.41. The summed E-state index contributed by atoms with van der Waals surface area (Å²) >= 11 is 0. The highest BCUT2D eigenvalue weighted by atomic mass is 14.8. The fraction of sp³-hybridized carbons (Fsp3) is 0.692. The van der Waals surface area contributed by atoms with Gasteiger partial charge in [-0.05, 0) is 58.0 Å². The van der Waals surface area contributed by atoms with Gasteiger partial charge in [0.2, 0.25) is 0 Å². The van der Waals surface area contributed by atoms with Crippen LogP contribution in [0.4, 0.5) is 0 Å². The summed E-state index contributed by atoms with van der Waals surface area (Å²) in [6.45, 7) is 2.40. The molecular weight excluding hydrogens is 170 g/mol. The van der Waals surface area contributed by atoms with Crippen LogP contribution in [0, 0.1) is 0 Å². The topological polar surface area (TPSA) is 12.0 Å². The fourth-order valence-corrected chi connectivity index (χ4v) is 1.66. The van der Waals surface area contributed by atoms with Crippen molar-refractivity contribution in [3.63, 3.8) is 0 Å². The van der Waals surface area contributed by atoms with Gasteiger partial charge in [0.25, 0.3) is 0 Å². The van der Waals surface area contributed by atoms with Crippen molar-refractivity contribution in [3.8, 4) is 0 Å². The van der Waals surface area contributed by atoms with Gasteiger partial charge >= 0.3 is 0 Å². The maximum Gasteiger partial charge on any atom is -0.00488 e. The lowest BCUT2D eigenvalue weighted by Gasteiger charge is -2.03.